The van der Waals surface area contributed by atoms with Crippen molar-refractivity contribution in [1.82, 2.24) is 0 Å². The molecule has 0 nitrogen and oxygen atoms in total. The maximum Gasteiger partial charge on any atom is 0.0159 e. The number of hydrogen-bond acceptors (Lipinski definition) is 0. The van der Waals surface area contributed by atoms with Crippen molar-refractivity contribution < 1.29 is 0 Å². The van der Waals surface area contributed by atoms with Crippen LogP contribution in [-0.4, -0.2) is 0 Å². The van der Waals surface area contributed by atoms with Crippen molar-refractivity contribution >= 4 is 32.3 Å². The Hall–Kier alpha value is -4.68. The van der Waals surface area contributed by atoms with Crippen molar-refractivity contribution in [1.29, 1.82) is 0 Å². The van der Waals surface area contributed by atoms with E-state index in [0.29, 0.717) is 0 Å². The molecular formula is C39H28. The molecule has 0 amide bonds. The molecule has 8 rings (SSSR count). The second-order valence-corrected chi connectivity index (χ2v) is 11.3. The Morgan fingerprint density at radius 3 is 1.74 bits per heavy atom. The second kappa shape index (κ2) is 8.16. The fourth-order valence-electron chi connectivity index (χ4n) is 7.03. The fraction of sp³-hybridized carbons (Fsp3) is 0.0769. The number of fused-ring (bicyclic) bond motifs is 5. The van der Waals surface area contributed by atoms with Gasteiger partial charge in [0.15, 0.2) is 0 Å². The average molecular weight is 497 g/mol. The summed E-state index contributed by atoms with van der Waals surface area (Å²) in [5, 5.41) is 7.94. The molecule has 7 aromatic carbocycles. The molecule has 39 heavy (non-hydrogen) atoms. The van der Waals surface area contributed by atoms with E-state index in [1.165, 1.54) is 76.8 Å². The number of hydrogen-bond donors (Lipinski definition) is 0. The Balaban J connectivity index is 1.42. The highest BCUT2D eigenvalue weighted by molar-refractivity contribution is 6.23. The number of benzene rings is 7. The fourth-order valence-corrected chi connectivity index (χ4v) is 7.03. The van der Waals surface area contributed by atoms with E-state index in [1.807, 2.05) is 0 Å². The molecule has 0 radical (unpaired) electrons. The van der Waals surface area contributed by atoms with Crippen molar-refractivity contribution in [2.24, 2.45) is 0 Å². The summed E-state index contributed by atoms with van der Waals surface area (Å²) in [6, 6.07) is 49.3. The summed E-state index contributed by atoms with van der Waals surface area (Å²) in [4.78, 5) is 0. The van der Waals surface area contributed by atoms with Crippen LogP contribution >= 0.6 is 0 Å². The van der Waals surface area contributed by atoms with E-state index in [1.54, 1.807) is 0 Å². The van der Waals surface area contributed by atoms with Crippen LogP contribution < -0.4 is 0 Å². The smallest absolute Gasteiger partial charge is 0.0159 e. The predicted molar refractivity (Wildman–Crippen MR) is 167 cm³/mol. The standard InChI is InChI=1S/C39H28/c1-39(2)34-19-8-7-16-32(34)37-31-15-6-5-14-30(31)36(33-18-10-20-35(39)38(33)37)27-23-21-26(22-24-27)29-17-9-12-25-11-3-4-13-28(25)29/h3-24H,1-2H3. The molecule has 0 N–H and O–H groups in total. The molecule has 0 saturated heterocycles. The van der Waals surface area contributed by atoms with Crippen molar-refractivity contribution in [2.75, 3.05) is 0 Å². The van der Waals surface area contributed by atoms with E-state index in [-0.39, 0.29) is 5.41 Å². The van der Waals surface area contributed by atoms with Crippen LogP contribution in [0.1, 0.15) is 25.0 Å². The van der Waals surface area contributed by atoms with Gasteiger partial charge in [-0.3, -0.25) is 0 Å². The van der Waals surface area contributed by atoms with E-state index in [0.717, 1.165) is 0 Å². The number of rotatable bonds is 2. The van der Waals surface area contributed by atoms with Gasteiger partial charge in [-0.2, -0.15) is 0 Å². The molecule has 1 aliphatic carbocycles. The lowest BCUT2D eigenvalue weighted by atomic mass is 9.67. The first kappa shape index (κ1) is 22.3. The Bertz CT molecular complexity index is 2070. The van der Waals surface area contributed by atoms with Gasteiger partial charge in [0.05, 0.1) is 0 Å². The van der Waals surface area contributed by atoms with E-state index in [4.69, 9.17) is 0 Å². The molecule has 0 aliphatic heterocycles. The van der Waals surface area contributed by atoms with Gasteiger partial charge in [0, 0.05) is 5.41 Å². The van der Waals surface area contributed by atoms with Crippen LogP contribution in [0, 0.1) is 0 Å². The third-order valence-electron chi connectivity index (χ3n) is 8.87. The van der Waals surface area contributed by atoms with Crippen LogP contribution in [-0.2, 0) is 5.41 Å². The van der Waals surface area contributed by atoms with Gasteiger partial charge in [-0.25, -0.2) is 0 Å². The minimum atomic E-state index is -0.0684. The van der Waals surface area contributed by atoms with Crippen molar-refractivity contribution in [3.63, 3.8) is 0 Å². The highest BCUT2D eigenvalue weighted by atomic mass is 14.4. The molecule has 0 saturated carbocycles. The molecule has 0 bridgehead atoms. The molecule has 0 spiro atoms. The van der Waals surface area contributed by atoms with Crippen molar-refractivity contribution in [3.05, 3.63) is 145 Å². The zero-order chi connectivity index (χ0) is 26.1. The zero-order valence-electron chi connectivity index (χ0n) is 22.2. The summed E-state index contributed by atoms with van der Waals surface area (Å²) in [5.41, 5.74) is 10.6. The largest absolute Gasteiger partial charge is 0.0619 e. The van der Waals surface area contributed by atoms with Gasteiger partial charge < -0.3 is 0 Å². The normalized spacial score (nSPS) is 13.6. The lowest BCUT2D eigenvalue weighted by Gasteiger charge is -2.36. The van der Waals surface area contributed by atoms with Gasteiger partial charge in [0.1, 0.15) is 0 Å². The predicted octanol–water partition coefficient (Wildman–Crippen LogP) is 10.8. The van der Waals surface area contributed by atoms with Crippen LogP contribution in [0.25, 0.3) is 65.7 Å². The Morgan fingerprint density at radius 2 is 0.923 bits per heavy atom. The molecular weight excluding hydrogens is 468 g/mol. The monoisotopic (exact) mass is 496 g/mol. The molecule has 0 heteroatoms. The molecule has 0 fully saturated rings. The Morgan fingerprint density at radius 1 is 0.385 bits per heavy atom. The highest BCUT2D eigenvalue weighted by Crippen LogP contribution is 2.53. The SMILES string of the molecule is CC1(C)c2ccccc2-c2c3ccccc3c(-c3ccc(-c4cccc5ccccc45)cc3)c3cccc1c23. The highest BCUT2D eigenvalue weighted by Gasteiger charge is 2.34. The molecule has 0 atom stereocenters. The lowest BCUT2D eigenvalue weighted by Crippen LogP contribution is -2.23. The Kier molecular flexibility index (Phi) is 4.67. The van der Waals surface area contributed by atoms with E-state index < -0.39 is 0 Å². The topological polar surface area (TPSA) is 0 Å². The Labute approximate surface area is 229 Å². The van der Waals surface area contributed by atoms with Crippen molar-refractivity contribution in [2.45, 2.75) is 19.3 Å². The van der Waals surface area contributed by atoms with Crippen molar-refractivity contribution in [3.8, 4) is 33.4 Å². The van der Waals surface area contributed by atoms with E-state index in [2.05, 4.69) is 147 Å². The lowest BCUT2D eigenvalue weighted by molar-refractivity contribution is 0.645. The molecule has 0 unspecified atom stereocenters. The van der Waals surface area contributed by atoms with Gasteiger partial charge in [-0.1, -0.05) is 147 Å². The maximum atomic E-state index is 2.37. The van der Waals surface area contributed by atoms with Gasteiger partial charge in [0.25, 0.3) is 0 Å². The summed E-state index contributed by atoms with van der Waals surface area (Å²) >= 11 is 0. The molecule has 184 valence electrons. The van der Waals surface area contributed by atoms with Crippen LogP contribution in [0.4, 0.5) is 0 Å². The van der Waals surface area contributed by atoms with Crippen LogP contribution in [0.5, 0.6) is 0 Å². The van der Waals surface area contributed by atoms with Crippen LogP contribution in [0.3, 0.4) is 0 Å². The molecule has 1 aliphatic rings. The summed E-state index contributed by atoms with van der Waals surface area (Å²) < 4.78 is 0. The van der Waals surface area contributed by atoms with E-state index >= 15 is 0 Å². The third kappa shape index (κ3) is 3.12. The first-order valence-electron chi connectivity index (χ1n) is 13.8. The van der Waals surface area contributed by atoms with Gasteiger partial charge in [-0.05, 0) is 76.8 Å². The first-order chi connectivity index (χ1) is 19.1. The van der Waals surface area contributed by atoms with Gasteiger partial charge in [0.2, 0.25) is 0 Å². The third-order valence-corrected chi connectivity index (χ3v) is 8.87. The first-order valence-corrected chi connectivity index (χ1v) is 13.8. The minimum absolute atomic E-state index is 0.0684. The second-order valence-electron chi connectivity index (χ2n) is 11.3. The average Bonchev–Trinajstić information content (AvgIpc) is 2.99. The molecule has 0 aromatic heterocycles. The zero-order valence-corrected chi connectivity index (χ0v) is 22.2. The summed E-state index contributed by atoms with van der Waals surface area (Å²) in [6.07, 6.45) is 0. The quantitative estimate of drug-likeness (QED) is 0.209. The summed E-state index contributed by atoms with van der Waals surface area (Å²) in [6.45, 7) is 4.74. The molecule has 7 aromatic rings. The summed E-state index contributed by atoms with van der Waals surface area (Å²) in [7, 11) is 0. The minimum Gasteiger partial charge on any atom is -0.0619 e. The van der Waals surface area contributed by atoms with E-state index in [9.17, 15) is 0 Å². The molecule has 0 heterocycles. The van der Waals surface area contributed by atoms with Crippen LogP contribution in [0.15, 0.2) is 133 Å². The van der Waals surface area contributed by atoms with Gasteiger partial charge >= 0.3 is 0 Å². The van der Waals surface area contributed by atoms with Gasteiger partial charge in [-0.15, -0.1) is 0 Å². The van der Waals surface area contributed by atoms with Crippen LogP contribution in [0.2, 0.25) is 0 Å². The maximum absolute atomic E-state index is 2.37. The summed E-state index contributed by atoms with van der Waals surface area (Å²) in [5.74, 6) is 0.